The first kappa shape index (κ1) is 12.6. The molecule has 2 amide bonds. The molecular formula is C12H11BrClNO2. The van der Waals surface area contributed by atoms with Gasteiger partial charge in [0.2, 0.25) is 11.8 Å². The van der Waals surface area contributed by atoms with Gasteiger partial charge in [-0.05, 0) is 47.0 Å². The summed E-state index contributed by atoms with van der Waals surface area (Å²) >= 11 is 9.40. The van der Waals surface area contributed by atoms with E-state index >= 15 is 0 Å². The lowest BCUT2D eigenvalue weighted by Gasteiger charge is -2.26. The summed E-state index contributed by atoms with van der Waals surface area (Å²) in [5.41, 5.74) is 1.44. The van der Waals surface area contributed by atoms with Crippen LogP contribution in [-0.4, -0.2) is 11.8 Å². The maximum Gasteiger partial charge on any atom is 0.233 e. The molecule has 0 aliphatic carbocycles. The third kappa shape index (κ3) is 2.38. The second-order valence-corrected chi connectivity index (χ2v) is 5.29. The highest BCUT2D eigenvalue weighted by Gasteiger charge is 2.29. The average Bonchev–Trinajstić information content (AvgIpc) is 2.25. The van der Waals surface area contributed by atoms with Crippen molar-refractivity contribution in [2.24, 2.45) is 0 Å². The minimum absolute atomic E-state index is 0.165. The molecule has 3 nitrogen and oxygen atoms in total. The Kier molecular flexibility index (Phi) is 3.54. The number of aryl methyl sites for hydroxylation is 1. The molecule has 1 fully saturated rings. The van der Waals surface area contributed by atoms with E-state index in [0.29, 0.717) is 34.4 Å². The number of carbonyl (C=O) groups excluding carboxylic acids is 2. The number of hydrogen-bond acceptors (Lipinski definition) is 2. The van der Waals surface area contributed by atoms with Crippen molar-refractivity contribution in [1.82, 2.24) is 0 Å². The van der Waals surface area contributed by atoms with Gasteiger partial charge < -0.3 is 0 Å². The molecule has 1 aromatic carbocycles. The zero-order valence-corrected chi connectivity index (χ0v) is 11.6. The van der Waals surface area contributed by atoms with Gasteiger partial charge in [-0.2, -0.15) is 0 Å². The van der Waals surface area contributed by atoms with Crippen LogP contribution in [0.2, 0.25) is 5.02 Å². The van der Waals surface area contributed by atoms with E-state index in [1.54, 1.807) is 6.07 Å². The minimum atomic E-state index is -0.165. The molecule has 1 aromatic rings. The summed E-state index contributed by atoms with van der Waals surface area (Å²) in [4.78, 5) is 24.8. The Morgan fingerprint density at radius 2 is 1.82 bits per heavy atom. The molecule has 0 N–H and O–H groups in total. The average molecular weight is 317 g/mol. The van der Waals surface area contributed by atoms with Gasteiger partial charge in [0.05, 0.1) is 5.69 Å². The fourth-order valence-electron chi connectivity index (χ4n) is 1.83. The van der Waals surface area contributed by atoms with Crippen LogP contribution in [-0.2, 0) is 9.59 Å². The van der Waals surface area contributed by atoms with E-state index in [1.165, 1.54) is 4.90 Å². The molecule has 1 aliphatic heterocycles. The molecule has 0 radical (unpaired) electrons. The van der Waals surface area contributed by atoms with Crippen molar-refractivity contribution in [3.8, 4) is 0 Å². The number of hydrogen-bond donors (Lipinski definition) is 0. The standard InChI is InChI=1S/C12H11BrClNO2/c1-7-5-8(13)10(6-9(7)14)15-11(16)3-2-4-12(15)17/h5-6H,2-4H2,1H3. The summed E-state index contributed by atoms with van der Waals surface area (Å²) in [6, 6.07) is 3.47. The Labute approximate surface area is 113 Å². The van der Waals surface area contributed by atoms with Crippen LogP contribution in [0.25, 0.3) is 0 Å². The summed E-state index contributed by atoms with van der Waals surface area (Å²) in [5, 5.41) is 0.550. The first-order valence-electron chi connectivity index (χ1n) is 5.32. The second kappa shape index (κ2) is 4.78. The van der Waals surface area contributed by atoms with Crippen LogP contribution in [0.3, 0.4) is 0 Å². The Morgan fingerprint density at radius 3 is 2.41 bits per heavy atom. The number of amides is 2. The Morgan fingerprint density at radius 1 is 1.24 bits per heavy atom. The predicted octanol–water partition coefficient (Wildman–Crippen LogP) is 3.45. The maximum absolute atomic E-state index is 11.8. The van der Waals surface area contributed by atoms with Gasteiger partial charge in [0.1, 0.15) is 0 Å². The molecule has 1 heterocycles. The molecule has 2 rings (SSSR count). The zero-order chi connectivity index (χ0) is 12.6. The molecule has 17 heavy (non-hydrogen) atoms. The van der Waals surface area contributed by atoms with Gasteiger partial charge >= 0.3 is 0 Å². The first-order valence-corrected chi connectivity index (χ1v) is 6.49. The highest BCUT2D eigenvalue weighted by atomic mass is 79.9. The van der Waals surface area contributed by atoms with Crippen LogP contribution in [0.5, 0.6) is 0 Å². The molecule has 0 aromatic heterocycles. The molecule has 0 bridgehead atoms. The number of anilines is 1. The molecule has 0 saturated carbocycles. The number of rotatable bonds is 1. The van der Waals surface area contributed by atoms with E-state index in [9.17, 15) is 9.59 Å². The van der Waals surface area contributed by atoms with E-state index in [4.69, 9.17) is 11.6 Å². The van der Waals surface area contributed by atoms with Crippen molar-refractivity contribution in [2.45, 2.75) is 26.2 Å². The van der Waals surface area contributed by atoms with E-state index in [0.717, 1.165) is 5.56 Å². The Bertz CT molecular complexity index is 486. The van der Waals surface area contributed by atoms with Gasteiger partial charge in [0.15, 0.2) is 0 Å². The summed E-state index contributed by atoms with van der Waals surface area (Å²) < 4.78 is 0.711. The maximum atomic E-state index is 11.8. The third-order valence-corrected chi connectivity index (χ3v) is 3.79. The number of carbonyl (C=O) groups is 2. The van der Waals surface area contributed by atoms with Crippen LogP contribution in [0.4, 0.5) is 5.69 Å². The van der Waals surface area contributed by atoms with Gasteiger partial charge in [-0.3, -0.25) is 9.59 Å². The van der Waals surface area contributed by atoms with Crippen LogP contribution in [0.1, 0.15) is 24.8 Å². The molecule has 90 valence electrons. The topological polar surface area (TPSA) is 37.4 Å². The fraction of sp³-hybridized carbons (Fsp3) is 0.333. The van der Waals surface area contributed by atoms with Crippen LogP contribution in [0.15, 0.2) is 16.6 Å². The lowest BCUT2D eigenvalue weighted by Crippen LogP contribution is -2.40. The summed E-state index contributed by atoms with van der Waals surface area (Å²) in [6.07, 6.45) is 1.44. The van der Waals surface area contributed by atoms with Crippen molar-refractivity contribution in [2.75, 3.05) is 4.90 Å². The SMILES string of the molecule is Cc1cc(Br)c(N2C(=O)CCCC2=O)cc1Cl. The molecule has 0 spiro atoms. The molecule has 0 unspecified atom stereocenters. The lowest BCUT2D eigenvalue weighted by molar-refractivity contribution is -0.129. The minimum Gasteiger partial charge on any atom is -0.274 e. The normalized spacial score (nSPS) is 16.5. The fourth-order valence-corrected chi connectivity index (χ4v) is 2.62. The number of nitrogens with zero attached hydrogens (tertiary/aromatic N) is 1. The smallest absolute Gasteiger partial charge is 0.233 e. The lowest BCUT2D eigenvalue weighted by atomic mass is 10.1. The number of imide groups is 1. The first-order chi connectivity index (χ1) is 8.00. The van der Waals surface area contributed by atoms with Crippen molar-refractivity contribution >= 4 is 45.0 Å². The van der Waals surface area contributed by atoms with Crippen LogP contribution < -0.4 is 4.90 Å². The zero-order valence-electron chi connectivity index (χ0n) is 9.30. The van der Waals surface area contributed by atoms with E-state index in [1.807, 2.05) is 13.0 Å². The summed E-state index contributed by atoms with van der Waals surface area (Å²) in [6.45, 7) is 1.87. The van der Waals surface area contributed by atoms with Crippen molar-refractivity contribution in [3.05, 3.63) is 27.2 Å². The summed E-state index contributed by atoms with van der Waals surface area (Å²) in [7, 11) is 0. The highest BCUT2D eigenvalue weighted by molar-refractivity contribution is 9.10. The molecule has 1 saturated heterocycles. The van der Waals surface area contributed by atoms with Gasteiger partial charge in [0.25, 0.3) is 0 Å². The van der Waals surface area contributed by atoms with Crippen molar-refractivity contribution < 1.29 is 9.59 Å². The van der Waals surface area contributed by atoms with Crippen molar-refractivity contribution in [3.63, 3.8) is 0 Å². The Hall–Kier alpha value is -0.870. The van der Waals surface area contributed by atoms with Gasteiger partial charge in [-0.25, -0.2) is 4.90 Å². The van der Waals surface area contributed by atoms with Gasteiger partial charge in [-0.15, -0.1) is 0 Å². The Balaban J connectivity index is 2.48. The van der Waals surface area contributed by atoms with Gasteiger partial charge in [0, 0.05) is 22.3 Å². The number of piperidine rings is 1. The van der Waals surface area contributed by atoms with Gasteiger partial charge in [-0.1, -0.05) is 11.6 Å². The molecule has 1 aliphatic rings. The molecular weight excluding hydrogens is 305 g/mol. The third-order valence-electron chi connectivity index (χ3n) is 2.75. The quantitative estimate of drug-likeness (QED) is 0.744. The monoisotopic (exact) mass is 315 g/mol. The predicted molar refractivity (Wildman–Crippen MR) is 70.2 cm³/mol. The second-order valence-electron chi connectivity index (χ2n) is 4.03. The molecule has 0 atom stereocenters. The largest absolute Gasteiger partial charge is 0.274 e. The number of benzene rings is 1. The van der Waals surface area contributed by atoms with Crippen LogP contribution in [0, 0.1) is 6.92 Å². The van der Waals surface area contributed by atoms with E-state index in [2.05, 4.69) is 15.9 Å². The summed E-state index contributed by atoms with van der Waals surface area (Å²) in [5.74, 6) is -0.330. The van der Waals surface area contributed by atoms with Crippen LogP contribution >= 0.6 is 27.5 Å². The molecule has 5 heteroatoms. The van der Waals surface area contributed by atoms with Crippen molar-refractivity contribution in [1.29, 1.82) is 0 Å². The highest BCUT2D eigenvalue weighted by Crippen LogP contribution is 2.34. The number of halogens is 2. The van der Waals surface area contributed by atoms with E-state index in [-0.39, 0.29) is 11.8 Å². The van der Waals surface area contributed by atoms with E-state index < -0.39 is 0 Å².